The lowest BCUT2D eigenvalue weighted by Crippen LogP contribution is -2.06. The second kappa shape index (κ2) is 11.5. The second-order valence-electron chi connectivity index (χ2n) is 9.12. The first-order valence-electron chi connectivity index (χ1n) is 13.0. The van der Waals surface area contributed by atoms with E-state index in [1.807, 2.05) is 121 Å². The van der Waals surface area contributed by atoms with Gasteiger partial charge in [-0.05, 0) is 6.42 Å². The van der Waals surface area contributed by atoms with Crippen molar-refractivity contribution in [1.29, 1.82) is 0 Å². The summed E-state index contributed by atoms with van der Waals surface area (Å²) >= 11 is 0. The Morgan fingerprint density at radius 1 is 0.308 bits per heavy atom. The number of hydrogen-bond acceptors (Lipinski definition) is 6. The molecule has 188 valence electrons. The molecule has 0 saturated heterocycles. The van der Waals surface area contributed by atoms with Crippen LogP contribution in [-0.2, 0) is 12.8 Å². The van der Waals surface area contributed by atoms with Crippen LogP contribution in [0, 0.1) is 0 Å². The quantitative estimate of drug-likeness (QED) is 0.223. The van der Waals surface area contributed by atoms with Gasteiger partial charge in [0.25, 0.3) is 0 Å². The first kappa shape index (κ1) is 24.2. The largest absolute Gasteiger partial charge is 0.213 e. The number of aryl methyl sites for hydroxylation is 2. The molecule has 6 aromatic rings. The topological polar surface area (TPSA) is 77.3 Å². The SMILES string of the molecule is c1ccc(-c2nc(CCCc3nc(-c4ccccc4)nc(-c4ccccc4)n3)nc(-c3ccccc3)n2)cc1. The summed E-state index contributed by atoms with van der Waals surface area (Å²) in [6, 6.07) is 40.1. The predicted molar refractivity (Wildman–Crippen MR) is 153 cm³/mol. The maximum atomic E-state index is 4.82. The van der Waals surface area contributed by atoms with E-state index in [0.717, 1.165) is 40.3 Å². The van der Waals surface area contributed by atoms with Crippen molar-refractivity contribution in [3.63, 3.8) is 0 Å². The van der Waals surface area contributed by atoms with Crippen molar-refractivity contribution >= 4 is 0 Å². The Morgan fingerprint density at radius 2 is 0.564 bits per heavy atom. The van der Waals surface area contributed by atoms with Gasteiger partial charge in [0.05, 0.1) is 0 Å². The Labute approximate surface area is 227 Å². The van der Waals surface area contributed by atoms with Crippen molar-refractivity contribution in [3.05, 3.63) is 133 Å². The van der Waals surface area contributed by atoms with Gasteiger partial charge in [0.1, 0.15) is 11.6 Å². The summed E-state index contributed by atoms with van der Waals surface area (Å²) in [5.41, 5.74) is 3.87. The minimum absolute atomic E-state index is 0.676. The van der Waals surface area contributed by atoms with Gasteiger partial charge in [0.2, 0.25) is 0 Å². The summed E-state index contributed by atoms with van der Waals surface area (Å²) in [6.07, 6.45) is 2.14. The fraction of sp³-hybridized carbons (Fsp3) is 0.0909. The van der Waals surface area contributed by atoms with Crippen LogP contribution >= 0.6 is 0 Å². The molecule has 0 radical (unpaired) electrons. The van der Waals surface area contributed by atoms with E-state index >= 15 is 0 Å². The molecule has 0 aliphatic heterocycles. The Morgan fingerprint density at radius 3 is 0.821 bits per heavy atom. The molecule has 0 bridgehead atoms. The molecule has 6 rings (SSSR count). The van der Waals surface area contributed by atoms with E-state index in [1.54, 1.807) is 0 Å². The third-order valence-electron chi connectivity index (χ3n) is 6.29. The minimum atomic E-state index is 0.676. The van der Waals surface area contributed by atoms with Crippen molar-refractivity contribution in [3.8, 4) is 45.6 Å². The van der Waals surface area contributed by atoms with E-state index < -0.39 is 0 Å². The van der Waals surface area contributed by atoms with Crippen LogP contribution < -0.4 is 0 Å². The van der Waals surface area contributed by atoms with Crippen LogP contribution in [0.3, 0.4) is 0 Å². The first-order valence-corrected chi connectivity index (χ1v) is 13.0. The monoisotopic (exact) mass is 506 g/mol. The Kier molecular flexibility index (Phi) is 7.17. The van der Waals surface area contributed by atoms with Gasteiger partial charge >= 0.3 is 0 Å². The van der Waals surface area contributed by atoms with Gasteiger partial charge in [-0.3, -0.25) is 0 Å². The number of benzene rings is 4. The third-order valence-corrected chi connectivity index (χ3v) is 6.29. The van der Waals surface area contributed by atoms with E-state index in [-0.39, 0.29) is 0 Å². The predicted octanol–water partition coefficient (Wildman–Crippen LogP) is 6.90. The molecule has 0 spiro atoms. The van der Waals surface area contributed by atoms with Crippen LogP contribution in [0.15, 0.2) is 121 Å². The third kappa shape index (κ3) is 5.91. The van der Waals surface area contributed by atoms with Crippen molar-refractivity contribution in [2.75, 3.05) is 0 Å². The van der Waals surface area contributed by atoms with Crippen LogP contribution in [0.4, 0.5) is 0 Å². The summed E-state index contributed by atoms with van der Waals surface area (Å²) in [5, 5.41) is 0. The summed E-state index contributed by atoms with van der Waals surface area (Å²) in [6.45, 7) is 0. The zero-order valence-electron chi connectivity index (χ0n) is 21.4. The van der Waals surface area contributed by atoms with Crippen molar-refractivity contribution < 1.29 is 0 Å². The first-order chi connectivity index (χ1) is 19.3. The molecule has 0 saturated carbocycles. The zero-order valence-corrected chi connectivity index (χ0v) is 21.4. The van der Waals surface area contributed by atoms with Gasteiger partial charge in [-0.1, -0.05) is 121 Å². The summed E-state index contributed by atoms with van der Waals surface area (Å²) in [7, 11) is 0. The molecule has 2 aromatic heterocycles. The molecule has 0 amide bonds. The Hall–Kier alpha value is -5.10. The van der Waals surface area contributed by atoms with Crippen LogP contribution in [-0.4, -0.2) is 29.9 Å². The maximum Gasteiger partial charge on any atom is 0.163 e. The summed E-state index contributed by atoms with van der Waals surface area (Å²) < 4.78 is 0. The van der Waals surface area contributed by atoms with E-state index in [9.17, 15) is 0 Å². The lowest BCUT2D eigenvalue weighted by molar-refractivity contribution is 0.731. The van der Waals surface area contributed by atoms with E-state index in [4.69, 9.17) is 29.9 Å². The molecule has 6 nitrogen and oxygen atoms in total. The van der Waals surface area contributed by atoms with Crippen LogP contribution in [0.5, 0.6) is 0 Å². The van der Waals surface area contributed by atoms with Crippen molar-refractivity contribution in [2.24, 2.45) is 0 Å². The van der Waals surface area contributed by atoms with Crippen LogP contribution in [0.1, 0.15) is 18.1 Å². The molecule has 0 atom stereocenters. The molecule has 39 heavy (non-hydrogen) atoms. The van der Waals surface area contributed by atoms with Crippen LogP contribution in [0.2, 0.25) is 0 Å². The second-order valence-corrected chi connectivity index (χ2v) is 9.12. The average molecular weight is 507 g/mol. The molecular formula is C33H26N6. The van der Waals surface area contributed by atoms with Gasteiger partial charge in [-0.15, -0.1) is 0 Å². The van der Waals surface area contributed by atoms with E-state index in [2.05, 4.69) is 0 Å². The molecule has 0 fully saturated rings. The van der Waals surface area contributed by atoms with E-state index in [1.165, 1.54) is 0 Å². The molecule has 2 heterocycles. The molecule has 0 unspecified atom stereocenters. The molecule has 0 aliphatic rings. The van der Waals surface area contributed by atoms with E-state index in [0.29, 0.717) is 36.1 Å². The maximum absolute atomic E-state index is 4.82. The molecule has 6 heteroatoms. The summed E-state index contributed by atoms with van der Waals surface area (Å²) in [4.78, 5) is 28.8. The Bertz CT molecular complexity index is 1420. The van der Waals surface area contributed by atoms with Gasteiger partial charge in [-0.25, -0.2) is 29.9 Å². The minimum Gasteiger partial charge on any atom is -0.213 e. The molecular weight excluding hydrogens is 480 g/mol. The molecule has 0 aliphatic carbocycles. The van der Waals surface area contributed by atoms with Gasteiger partial charge in [-0.2, -0.15) is 0 Å². The average Bonchev–Trinajstić information content (AvgIpc) is 3.02. The van der Waals surface area contributed by atoms with Gasteiger partial charge < -0.3 is 0 Å². The number of hydrogen-bond donors (Lipinski definition) is 0. The van der Waals surface area contributed by atoms with Crippen molar-refractivity contribution in [1.82, 2.24) is 29.9 Å². The normalized spacial score (nSPS) is 10.9. The highest BCUT2D eigenvalue weighted by atomic mass is 15.0. The smallest absolute Gasteiger partial charge is 0.163 e. The lowest BCUT2D eigenvalue weighted by Gasteiger charge is -2.09. The molecule has 0 N–H and O–H groups in total. The highest BCUT2D eigenvalue weighted by Crippen LogP contribution is 2.22. The Balaban J connectivity index is 1.29. The number of aromatic nitrogens is 6. The van der Waals surface area contributed by atoms with Crippen molar-refractivity contribution in [2.45, 2.75) is 19.3 Å². The summed E-state index contributed by atoms with van der Waals surface area (Å²) in [5.74, 6) is 4.22. The number of rotatable bonds is 8. The zero-order chi connectivity index (χ0) is 26.3. The highest BCUT2D eigenvalue weighted by Gasteiger charge is 2.13. The number of nitrogens with zero attached hydrogens (tertiary/aromatic N) is 6. The van der Waals surface area contributed by atoms with Crippen LogP contribution in [0.25, 0.3) is 45.6 Å². The fourth-order valence-electron chi connectivity index (χ4n) is 4.33. The fourth-order valence-corrected chi connectivity index (χ4v) is 4.33. The van der Waals surface area contributed by atoms with Gasteiger partial charge in [0.15, 0.2) is 23.3 Å². The lowest BCUT2D eigenvalue weighted by atomic mass is 10.1. The standard InChI is InChI=1S/C33H26N6/c1-5-14-24(15-6-1)30-34-28(35-31(38-30)25-16-7-2-8-17-25)22-13-23-29-36-32(26-18-9-3-10-19-26)39-33(37-29)27-20-11-4-12-21-27/h1-12,14-21H,13,22-23H2. The molecule has 4 aromatic carbocycles. The van der Waals surface area contributed by atoms with Gasteiger partial charge in [0, 0.05) is 35.1 Å². The highest BCUT2D eigenvalue weighted by molar-refractivity contribution is 5.62.